The van der Waals surface area contributed by atoms with Gasteiger partial charge in [-0.1, -0.05) is 27.2 Å². The maximum absolute atomic E-state index is 3.98. The van der Waals surface area contributed by atoms with Gasteiger partial charge in [0.2, 0.25) is 0 Å². The molecule has 0 radical (unpaired) electrons. The highest BCUT2D eigenvalue weighted by Gasteiger charge is 2.31. The zero-order valence-electron chi connectivity index (χ0n) is 11.8. The second-order valence-corrected chi connectivity index (χ2v) is 6.62. The molecule has 1 saturated carbocycles. The summed E-state index contributed by atoms with van der Waals surface area (Å²) < 4.78 is 0. The van der Waals surface area contributed by atoms with Crippen molar-refractivity contribution in [3.63, 3.8) is 0 Å². The number of hydrogen-bond donors (Lipinski definition) is 2. The Kier molecular flexibility index (Phi) is 4.87. The molecule has 1 saturated heterocycles. The monoisotopic (exact) mass is 238 g/mol. The number of piperidine rings is 1. The van der Waals surface area contributed by atoms with Crippen molar-refractivity contribution in [2.24, 2.45) is 17.8 Å². The maximum Gasteiger partial charge on any atom is 0.0103 e. The van der Waals surface area contributed by atoms with Crippen LogP contribution in [0.5, 0.6) is 0 Å². The van der Waals surface area contributed by atoms with Crippen molar-refractivity contribution in [1.29, 1.82) is 0 Å². The van der Waals surface area contributed by atoms with E-state index in [0.29, 0.717) is 0 Å². The summed E-state index contributed by atoms with van der Waals surface area (Å²) in [6.07, 6.45) is 6.90. The van der Waals surface area contributed by atoms with Gasteiger partial charge in [-0.2, -0.15) is 0 Å². The van der Waals surface area contributed by atoms with E-state index in [0.717, 1.165) is 29.8 Å². The van der Waals surface area contributed by atoms with Crippen LogP contribution in [0.25, 0.3) is 0 Å². The Balaban J connectivity index is 1.89. The van der Waals surface area contributed by atoms with Gasteiger partial charge in [0.25, 0.3) is 0 Å². The molecule has 3 atom stereocenters. The van der Waals surface area contributed by atoms with Crippen LogP contribution in [0.3, 0.4) is 0 Å². The van der Waals surface area contributed by atoms with E-state index in [1.165, 1.54) is 45.2 Å². The van der Waals surface area contributed by atoms with Crippen LogP contribution in [-0.4, -0.2) is 25.2 Å². The maximum atomic E-state index is 3.98. The van der Waals surface area contributed by atoms with Gasteiger partial charge in [0, 0.05) is 12.1 Å². The normalized spacial score (nSPS) is 36.4. The third kappa shape index (κ3) is 3.69. The van der Waals surface area contributed by atoms with Crippen LogP contribution in [0.2, 0.25) is 0 Å². The van der Waals surface area contributed by atoms with Gasteiger partial charge in [-0.05, 0) is 56.5 Å². The van der Waals surface area contributed by atoms with Gasteiger partial charge in [-0.15, -0.1) is 0 Å². The molecule has 2 heteroatoms. The lowest BCUT2D eigenvalue weighted by molar-refractivity contribution is 0.152. The largest absolute Gasteiger partial charge is 0.317 e. The lowest BCUT2D eigenvalue weighted by Crippen LogP contribution is -2.50. The van der Waals surface area contributed by atoms with Crippen molar-refractivity contribution >= 4 is 0 Å². The molecule has 0 aromatic carbocycles. The van der Waals surface area contributed by atoms with Crippen LogP contribution in [-0.2, 0) is 0 Å². The van der Waals surface area contributed by atoms with Crippen molar-refractivity contribution in [2.45, 2.75) is 65.0 Å². The molecule has 3 unspecified atom stereocenters. The van der Waals surface area contributed by atoms with Crippen LogP contribution >= 0.6 is 0 Å². The third-order valence-electron chi connectivity index (χ3n) is 4.81. The first-order chi connectivity index (χ1) is 8.16. The molecule has 1 aliphatic heterocycles. The van der Waals surface area contributed by atoms with Crippen LogP contribution in [0.1, 0.15) is 52.9 Å². The highest BCUT2D eigenvalue weighted by Crippen LogP contribution is 2.34. The molecule has 2 nitrogen and oxygen atoms in total. The molecule has 0 bridgehead atoms. The van der Waals surface area contributed by atoms with Crippen LogP contribution in [0.4, 0.5) is 0 Å². The van der Waals surface area contributed by atoms with Gasteiger partial charge >= 0.3 is 0 Å². The molecule has 0 aromatic heterocycles. The van der Waals surface area contributed by atoms with Crippen molar-refractivity contribution in [1.82, 2.24) is 10.6 Å². The van der Waals surface area contributed by atoms with Crippen LogP contribution in [0.15, 0.2) is 0 Å². The zero-order chi connectivity index (χ0) is 12.3. The van der Waals surface area contributed by atoms with Crippen molar-refractivity contribution in [3.05, 3.63) is 0 Å². The van der Waals surface area contributed by atoms with E-state index in [9.17, 15) is 0 Å². The minimum Gasteiger partial charge on any atom is -0.317 e. The van der Waals surface area contributed by atoms with Gasteiger partial charge in [0.05, 0.1) is 0 Å². The minimum atomic E-state index is 0.771. The first-order valence-electron chi connectivity index (χ1n) is 7.63. The summed E-state index contributed by atoms with van der Waals surface area (Å²) in [6.45, 7) is 9.63. The number of hydrogen-bond acceptors (Lipinski definition) is 2. The molecule has 0 amide bonds. The Labute approximate surface area is 107 Å². The van der Waals surface area contributed by atoms with E-state index in [2.05, 4.69) is 31.4 Å². The SMILES string of the molecule is CC1CCC(C(C)C)C(NC2CCNCC2)C1. The Bertz CT molecular complexity index is 221. The fraction of sp³-hybridized carbons (Fsp3) is 1.00. The van der Waals surface area contributed by atoms with E-state index in [1.54, 1.807) is 0 Å². The Morgan fingerprint density at radius 2 is 1.76 bits per heavy atom. The molecule has 2 fully saturated rings. The molecular weight excluding hydrogens is 208 g/mol. The van der Waals surface area contributed by atoms with Crippen molar-refractivity contribution in [3.8, 4) is 0 Å². The average molecular weight is 238 g/mol. The third-order valence-corrected chi connectivity index (χ3v) is 4.81. The van der Waals surface area contributed by atoms with E-state index >= 15 is 0 Å². The van der Waals surface area contributed by atoms with E-state index in [4.69, 9.17) is 0 Å². The molecule has 2 aliphatic rings. The fourth-order valence-corrected chi connectivity index (χ4v) is 3.69. The first kappa shape index (κ1) is 13.4. The second kappa shape index (κ2) is 6.19. The van der Waals surface area contributed by atoms with E-state index in [1.807, 2.05) is 0 Å². The minimum absolute atomic E-state index is 0.771. The molecule has 100 valence electrons. The molecule has 2 N–H and O–H groups in total. The summed E-state index contributed by atoms with van der Waals surface area (Å²) in [6, 6.07) is 1.55. The zero-order valence-corrected chi connectivity index (χ0v) is 11.8. The summed E-state index contributed by atoms with van der Waals surface area (Å²) in [5, 5.41) is 7.43. The van der Waals surface area contributed by atoms with Gasteiger partial charge in [0.1, 0.15) is 0 Å². The summed E-state index contributed by atoms with van der Waals surface area (Å²) >= 11 is 0. The lowest BCUT2D eigenvalue weighted by atomic mass is 9.73. The Morgan fingerprint density at radius 3 is 2.41 bits per heavy atom. The molecule has 1 heterocycles. The molecule has 2 rings (SSSR count). The predicted octanol–water partition coefficient (Wildman–Crippen LogP) is 2.79. The van der Waals surface area contributed by atoms with Crippen molar-refractivity contribution < 1.29 is 0 Å². The van der Waals surface area contributed by atoms with Crippen LogP contribution < -0.4 is 10.6 Å². The first-order valence-corrected chi connectivity index (χ1v) is 7.63. The Morgan fingerprint density at radius 1 is 1.06 bits per heavy atom. The molecule has 0 aromatic rings. The second-order valence-electron chi connectivity index (χ2n) is 6.62. The predicted molar refractivity (Wildman–Crippen MR) is 74.2 cm³/mol. The highest BCUT2D eigenvalue weighted by molar-refractivity contribution is 4.88. The summed E-state index contributed by atoms with van der Waals surface area (Å²) in [4.78, 5) is 0. The number of rotatable bonds is 3. The number of nitrogens with one attached hydrogen (secondary N) is 2. The Hall–Kier alpha value is -0.0800. The van der Waals surface area contributed by atoms with E-state index in [-0.39, 0.29) is 0 Å². The van der Waals surface area contributed by atoms with Gasteiger partial charge in [-0.3, -0.25) is 0 Å². The smallest absolute Gasteiger partial charge is 0.0103 e. The van der Waals surface area contributed by atoms with E-state index < -0.39 is 0 Å². The highest BCUT2D eigenvalue weighted by atomic mass is 15.0. The fourth-order valence-electron chi connectivity index (χ4n) is 3.69. The summed E-state index contributed by atoms with van der Waals surface area (Å²) in [5.74, 6) is 2.66. The van der Waals surface area contributed by atoms with Gasteiger partial charge in [0.15, 0.2) is 0 Å². The van der Waals surface area contributed by atoms with Crippen LogP contribution in [0, 0.1) is 17.8 Å². The quantitative estimate of drug-likeness (QED) is 0.790. The van der Waals surface area contributed by atoms with Gasteiger partial charge in [-0.25, -0.2) is 0 Å². The topological polar surface area (TPSA) is 24.1 Å². The average Bonchev–Trinajstić information content (AvgIpc) is 2.30. The molecular formula is C15H30N2. The lowest BCUT2D eigenvalue weighted by Gasteiger charge is -2.40. The van der Waals surface area contributed by atoms with Gasteiger partial charge < -0.3 is 10.6 Å². The molecule has 17 heavy (non-hydrogen) atoms. The standard InChI is InChI=1S/C15H30N2/c1-11(2)14-5-4-12(3)10-15(14)17-13-6-8-16-9-7-13/h11-17H,4-10H2,1-3H3. The summed E-state index contributed by atoms with van der Waals surface area (Å²) in [5.41, 5.74) is 0. The molecule has 0 spiro atoms. The molecule has 1 aliphatic carbocycles. The summed E-state index contributed by atoms with van der Waals surface area (Å²) in [7, 11) is 0. The van der Waals surface area contributed by atoms with Crippen molar-refractivity contribution in [2.75, 3.05) is 13.1 Å².